The molecule has 23 heavy (non-hydrogen) atoms. The lowest BCUT2D eigenvalue weighted by Crippen LogP contribution is -2.17. The number of carboxylic acids is 1. The number of hydrogen-bond donors (Lipinski definition) is 3. The molecule has 0 saturated heterocycles. The van der Waals surface area contributed by atoms with Crippen molar-refractivity contribution < 1.29 is 14.8 Å². The molecule has 11 heteroatoms. The minimum atomic E-state index is -1.33. The van der Waals surface area contributed by atoms with E-state index in [9.17, 15) is 20.0 Å². The summed E-state index contributed by atoms with van der Waals surface area (Å²) in [5.41, 5.74) is 6.63. The molecule has 0 spiro atoms. The Balaban J connectivity index is 3.41. The van der Waals surface area contributed by atoms with E-state index in [1.54, 1.807) is 19.0 Å². The number of aromatic carboxylic acids is 1. The van der Waals surface area contributed by atoms with Crippen LogP contribution in [0.1, 0.15) is 15.9 Å². The highest BCUT2D eigenvalue weighted by Crippen LogP contribution is 2.32. The summed E-state index contributed by atoms with van der Waals surface area (Å²) in [6.45, 7) is 0.246. The number of nitrogens with zero attached hydrogens (tertiary/aromatic N) is 4. The third-order valence-corrected chi connectivity index (χ3v) is 3.76. The molecule has 1 aromatic rings. The number of carboxylic acid groups (broad SMARTS) is 1. The van der Waals surface area contributed by atoms with Gasteiger partial charge in [0, 0.05) is 30.1 Å². The normalized spacial score (nSPS) is 10.4. The number of carbonyl (C=O) groups is 1. The zero-order chi connectivity index (χ0) is 17.7. The lowest BCUT2D eigenvalue weighted by atomic mass is 10.1. The Morgan fingerprint density at radius 3 is 2.48 bits per heavy atom. The standard InChI is InChI=1S/C12H16N6O4S/c1-16(2)6-7-4-10(23-12(13)17(3)15-14)8(11(19)20)5-9(7)18(21)22/h4-5,13-14H,6H2,1-3H3,(H,19,20). The van der Waals surface area contributed by atoms with Crippen LogP contribution in [0.3, 0.4) is 0 Å². The molecule has 0 radical (unpaired) electrons. The van der Waals surface area contributed by atoms with Crippen LogP contribution in [0.5, 0.6) is 0 Å². The fourth-order valence-corrected chi connectivity index (χ4v) is 2.55. The van der Waals surface area contributed by atoms with Crippen molar-refractivity contribution >= 4 is 28.6 Å². The van der Waals surface area contributed by atoms with E-state index in [4.69, 9.17) is 10.9 Å². The lowest BCUT2D eigenvalue weighted by Gasteiger charge is -2.15. The van der Waals surface area contributed by atoms with Crippen molar-refractivity contribution in [2.45, 2.75) is 11.4 Å². The van der Waals surface area contributed by atoms with E-state index in [1.165, 1.54) is 13.1 Å². The first-order valence-corrected chi connectivity index (χ1v) is 7.05. The molecule has 0 fully saturated rings. The Morgan fingerprint density at radius 2 is 2.04 bits per heavy atom. The van der Waals surface area contributed by atoms with E-state index >= 15 is 0 Å². The van der Waals surface area contributed by atoms with Gasteiger partial charge in [-0.3, -0.25) is 15.5 Å². The van der Waals surface area contributed by atoms with Gasteiger partial charge in [-0.1, -0.05) is 5.22 Å². The van der Waals surface area contributed by atoms with E-state index in [2.05, 4.69) is 5.22 Å². The van der Waals surface area contributed by atoms with Crippen LogP contribution in [0.15, 0.2) is 22.3 Å². The summed E-state index contributed by atoms with van der Waals surface area (Å²) in [7, 11) is 4.84. The SMILES string of the molecule is CN(C)Cc1cc(SC(=N)N(C)N=N)c(C(=O)O)cc1[N+](=O)[O-]. The predicted molar refractivity (Wildman–Crippen MR) is 83.9 cm³/mol. The summed E-state index contributed by atoms with van der Waals surface area (Å²) < 4.78 is 0. The average Bonchev–Trinajstić information content (AvgIpc) is 2.45. The average molecular weight is 340 g/mol. The minimum absolute atomic E-state index is 0.174. The second-order valence-electron chi connectivity index (χ2n) is 4.81. The lowest BCUT2D eigenvalue weighted by molar-refractivity contribution is -0.385. The van der Waals surface area contributed by atoms with Crippen LogP contribution in [-0.4, -0.2) is 52.2 Å². The van der Waals surface area contributed by atoms with Crippen molar-refractivity contribution in [2.75, 3.05) is 21.1 Å². The van der Waals surface area contributed by atoms with Gasteiger partial charge in [-0.15, -0.1) is 0 Å². The summed E-state index contributed by atoms with van der Waals surface area (Å²) in [6, 6.07) is 2.38. The number of nitrogens with one attached hydrogen (secondary N) is 2. The van der Waals surface area contributed by atoms with Gasteiger partial charge in [0.25, 0.3) is 5.69 Å². The largest absolute Gasteiger partial charge is 0.478 e. The second kappa shape index (κ2) is 7.65. The fraction of sp³-hybridized carbons (Fsp3) is 0.333. The highest BCUT2D eigenvalue weighted by molar-refractivity contribution is 8.13. The number of thioether (sulfide) groups is 1. The Bertz CT molecular complexity index is 663. The molecule has 0 aliphatic rings. The van der Waals surface area contributed by atoms with Gasteiger partial charge < -0.3 is 10.0 Å². The van der Waals surface area contributed by atoms with Crippen molar-refractivity contribution in [2.24, 2.45) is 5.22 Å². The predicted octanol–water partition coefficient (Wildman–Crippen LogP) is 2.26. The van der Waals surface area contributed by atoms with Crippen LogP contribution in [0, 0.1) is 21.1 Å². The van der Waals surface area contributed by atoms with E-state index < -0.39 is 10.9 Å². The highest BCUT2D eigenvalue weighted by Gasteiger charge is 2.23. The second-order valence-corrected chi connectivity index (χ2v) is 5.84. The molecule has 10 nitrogen and oxygen atoms in total. The third-order valence-electron chi connectivity index (χ3n) is 2.75. The molecule has 0 aliphatic heterocycles. The van der Waals surface area contributed by atoms with Gasteiger partial charge >= 0.3 is 5.97 Å². The van der Waals surface area contributed by atoms with Gasteiger partial charge in [0.2, 0.25) is 0 Å². The maximum atomic E-state index is 11.4. The van der Waals surface area contributed by atoms with Gasteiger partial charge in [-0.25, -0.2) is 9.80 Å². The van der Waals surface area contributed by atoms with Gasteiger partial charge in [-0.05, 0) is 31.9 Å². The van der Waals surface area contributed by atoms with Crippen LogP contribution in [0.4, 0.5) is 5.69 Å². The van der Waals surface area contributed by atoms with Gasteiger partial charge in [-0.2, -0.15) is 5.53 Å². The molecule has 0 atom stereocenters. The molecule has 0 aliphatic carbocycles. The van der Waals surface area contributed by atoms with E-state index in [0.29, 0.717) is 5.56 Å². The fourth-order valence-electron chi connectivity index (χ4n) is 1.71. The first-order valence-electron chi connectivity index (χ1n) is 6.24. The summed E-state index contributed by atoms with van der Waals surface area (Å²) in [5.74, 6) is -1.33. The van der Waals surface area contributed by atoms with Crippen LogP contribution in [0.25, 0.3) is 0 Å². The first kappa shape index (κ1) is 18.5. The smallest absolute Gasteiger partial charge is 0.337 e. The molecule has 124 valence electrons. The van der Waals surface area contributed by atoms with E-state index in [0.717, 1.165) is 22.8 Å². The number of amidine groups is 1. The molecule has 0 aromatic heterocycles. The molecule has 1 rings (SSSR count). The Kier molecular flexibility index (Phi) is 6.16. The molecule has 3 N–H and O–H groups in total. The van der Waals surface area contributed by atoms with Crippen molar-refractivity contribution in [3.8, 4) is 0 Å². The van der Waals surface area contributed by atoms with Gasteiger partial charge in [0.05, 0.1) is 10.5 Å². The van der Waals surface area contributed by atoms with Crippen molar-refractivity contribution in [3.63, 3.8) is 0 Å². The van der Waals surface area contributed by atoms with Crippen molar-refractivity contribution in [1.29, 1.82) is 10.9 Å². The van der Waals surface area contributed by atoms with Crippen molar-refractivity contribution in [1.82, 2.24) is 9.91 Å². The zero-order valence-corrected chi connectivity index (χ0v) is 13.5. The molecule has 0 heterocycles. The maximum Gasteiger partial charge on any atom is 0.337 e. The van der Waals surface area contributed by atoms with Gasteiger partial charge in [0.1, 0.15) is 0 Å². The number of nitro groups is 1. The maximum absolute atomic E-state index is 11.4. The van der Waals surface area contributed by atoms with Crippen LogP contribution >= 0.6 is 11.8 Å². The zero-order valence-electron chi connectivity index (χ0n) is 12.7. The molecule has 0 amide bonds. The molecule has 0 saturated carbocycles. The highest BCUT2D eigenvalue weighted by atomic mass is 32.2. The first-order chi connectivity index (χ1) is 10.7. The molecular weight excluding hydrogens is 324 g/mol. The van der Waals surface area contributed by atoms with Crippen LogP contribution in [0.2, 0.25) is 0 Å². The Hall–Kier alpha value is -2.53. The van der Waals surface area contributed by atoms with E-state index in [1.807, 2.05) is 0 Å². The minimum Gasteiger partial charge on any atom is -0.478 e. The van der Waals surface area contributed by atoms with Crippen LogP contribution < -0.4 is 0 Å². The van der Waals surface area contributed by atoms with Crippen molar-refractivity contribution in [3.05, 3.63) is 33.4 Å². The molecule has 1 aromatic carbocycles. The molecule has 0 unspecified atom stereocenters. The summed E-state index contributed by atoms with van der Waals surface area (Å²) in [4.78, 5) is 23.8. The van der Waals surface area contributed by atoms with E-state index in [-0.39, 0.29) is 27.9 Å². The summed E-state index contributed by atoms with van der Waals surface area (Å²) in [5, 5.41) is 32.0. The quantitative estimate of drug-likeness (QED) is 0.180. The number of hydrogen-bond acceptors (Lipinski definition) is 8. The number of rotatable bonds is 6. The molecular formula is C12H16N6O4S. The third kappa shape index (κ3) is 4.72. The number of benzene rings is 1. The monoisotopic (exact) mass is 340 g/mol. The molecule has 0 bridgehead atoms. The topological polar surface area (TPSA) is 147 Å². The summed E-state index contributed by atoms with van der Waals surface area (Å²) in [6.07, 6.45) is 0. The summed E-state index contributed by atoms with van der Waals surface area (Å²) >= 11 is 0.766. The number of nitro benzene ring substituents is 1. The Morgan fingerprint density at radius 1 is 1.43 bits per heavy atom. The Labute approximate surface area is 136 Å². The van der Waals surface area contributed by atoms with Crippen LogP contribution in [-0.2, 0) is 6.54 Å². The van der Waals surface area contributed by atoms with Gasteiger partial charge in [0.15, 0.2) is 5.17 Å².